The van der Waals surface area contributed by atoms with E-state index in [9.17, 15) is 0 Å². The lowest BCUT2D eigenvalue weighted by atomic mass is 10.1. The van der Waals surface area contributed by atoms with Crippen molar-refractivity contribution in [2.75, 3.05) is 37.6 Å². The Morgan fingerprint density at radius 3 is 2.50 bits per heavy atom. The van der Waals surface area contributed by atoms with Gasteiger partial charge in [-0.1, -0.05) is 61.9 Å². The van der Waals surface area contributed by atoms with E-state index in [1.54, 1.807) is 0 Å². The highest BCUT2D eigenvalue weighted by Crippen LogP contribution is 2.30. The van der Waals surface area contributed by atoms with Crippen LogP contribution in [0.1, 0.15) is 30.9 Å². The second-order valence-electron chi connectivity index (χ2n) is 7.79. The molecule has 0 spiro atoms. The third-order valence-electron chi connectivity index (χ3n) is 5.81. The topological polar surface area (TPSA) is 9.72 Å². The highest BCUT2D eigenvalue weighted by molar-refractivity contribution is 5.56. The van der Waals surface area contributed by atoms with Gasteiger partial charge in [0.25, 0.3) is 0 Å². The highest BCUT2D eigenvalue weighted by Gasteiger charge is 2.32. The summed E-state index contributed by atoms with van der Waals surface area (Å²) in [5, 5.41) is 0. The summed E-state index contributed by atoms with van der Waals surface area (Å²) in [5.74, 6) is 0. The maximum atomic E-state index is 2.68. The van der Waals surface area contributed by atoms with Crippen LogP contribution in [0.3, 0.4) is 0 Å². The molecule has 2 aromatic carbocycles. The first kappa shape index (κ1) is 17.6. The van der Waals surface area contributed by atoms with Crippen molar-refractivity contribution in [3.63, 3.8) is 0 Å². The minimum atomic E-state index is 0.591. The molecule has 2 aliphatic rings. The Kier molecular flexibility index (Phi) is 5.57. The Bertz CT molecular complexity index is 700. The number of fused-ring (bicyclic) bond motifs is 3. The average molecular weight is 350 g/mol. The van der Waals surface area contributed by atoms with Crippen molar-refractivity contribution >= 4 is 5.69 Å². The molecule has 2 heterocycles. The van der Waals surface area contributed by atoms with Gasteiger partial charge in [-0.3, -0.25) is 9.80 Å². The summed E-state index contributed by atoms with van der Waals surface area (Å²) in [6.07, 6.45) is 2.56. The summed E-state index contributed by atoms with van der Waals surface area (Å²) in [5.41, 5.74) is 4.40. The van der Waals surface area contributed by atoms with Crippen molar-refractivity contribution < 1.29 is 0 Å². The van der Waals surface area contributed by atoms with E-state index >= 15 is 0 Å². The summed E-state index contributed by atoms with van der Waals surface area (Å²) in [7, 11) is 0. The fourth-order valence-electron chi connectivity index (χ4n) is 4.46. The van der Waals surface area contributed by atoms with Crippen LogP contribution in [0.4, 0.5) is 5.69 Å². The van der Waals surface area contributed by atoms with Crippen molar-refractivity contribution in [1.82, 2.24) is 9.80 Å². The van der Waals surface area contributed by atoms with Crippen LogP contribution in [-0.4, -0.2) is 48.6 Å². The SMILES string of the molecule is CCCCN1Cc2ccccc2N2CCN(Cc3ccccc3)CC2C1. The van der Waals surface area contributed by atoms with Gasteiger partial charge in [0.1, 0.15) is 0 Å². The number of hydrogen-bond donors (Lipinski definition) is 0. The fourth-order valence-corrected chi connectivity index (χ4v) is 4.46. The number of hydrogen-bond acceptors (Lipinski definition) is 3. The van der Waals surface area contributed by atoms with E-state index in [-0.39, 0.29) is 0 Å². The Morgan fingerprint density at radius 1 is 0.885 bits per heavy atom. The zero-order chi connectivity index (χ0) is 17.8. The van der Waals surface area contributed by atoms with E-state index in [0.717, 1.165) is 32.7 Å². The van der Waals surface area contributed by atoms with Gasteiger partial charge in [-0.2, -0.15) is 0 Å². The molecule has 0 bridgehead atoms. The van der Waals surface area contributed by atoms with Crippen LogP contribution in [0.25, 0.3) is 0 Å². The number of anilines is 1. The molecule has 1 fully saturated rings. The maximum Gasteiger partial charge on any atom is 0.0544 e. The number of unbranched alkanes of at least 4 members (excludes halogenated alkanes) is 1. The molecule has 3 heteroatoms. The van der Waals surface area contributed by atoms with Gasteiger partial charge >= 0.3 is 0 Å². The molecule has 3 nitrogen and oxygen atoms in total. The van der Waals surface area contributed by atoms with E-state index in [1.165, 1.54) is 42.7 Å². The Morgan fingerprint density at radius 2 is 1.65 bits per heavy atom. The van der Waals surface area contributed by atoms with Gasteiger partial charge in [0.2, 0.25) is 0 Å². The van der Waals surface area contributed by atoms with Crippen LogP contribution in [0.15, 0.2) is 54.6 Å². The Balaban J connectivity index is 1.52. The molecule has 1 unspecified atom stereocenters. The predicted octanol–water partition coefficient (Wildman–Crippen LogP) is 3.99. The van der Waals surface area contributed by atoms with Gasteiger partial charge in [0.15, 0.2) is 0 Å². The summed E-state index contributed by atoms with van der Waals surface area (Å²) < 4.78 is 0. The molecule has 0 aliphatic carbocycles. The second kappa shape index (κ2) is 8.24. The minimum absolute atomic E-state index is 0.591. The summed E-state index contributed by atoms with van der Waals surface area (Å²) >= 11 is 0. The van der Waals surface area contributed by atoms with Crippen LogP contribution in [0, 0.1) is 0 Å². The standard InChI is InChI=1S/C23H31N3/c1-2-3-13-24-17-21-11-7-8-12-23(21)26-15-14-25(19-22(26)18-24)16-20-9-5-4-6-10-20/h4-12,22H,2-3,13-19H2,1H3. The van der Waals surface area contributed by atoms with E-state index in [1.807, 2.05) is 0 Å². The largest absolute Gasteiger partial charge is 0.364 e. The number of para-hydroxylation sites is 1. The van der Waals surface area contributed by atoms with Crippen molar-refractivity contribution in [3.8, 4) is 0 Å². The first-order valence-corrected chi connectivity index (χ1v) is 10.2. The molecule has 2 aromatic rings. The van der Waals surface area contributed by atoms with E-state index < -0.39 is 0 Å². The quantitative estimate of drug-likeness (QED) is 0.808. The van der Waals surface area contributed by atoms with E-state index in [0.29, 0.717) is 6.04 Å². The van der Waals surface area contributed by atoms with Gasteiger partial charge in [-0.05, 0) is 30.2 Å². The molecule has 0 N–H and O–H groups in total. The third-order valence-corrected chi connectivity index (χ3v) is 5.81. The molecule has 4 rings (SSSR count). The average Bonchev–Trinajstić information content (AvgIpc) is 2.83. The second-order valence-corrected chi connectivity index (χ2v) is 7.79. The molecule has 0 radical (unpaired) electrons. The van der Waals surface area contributed by atoms with Crippen molar-refractivity contribution in [2.45, 2.75) is 38.9 Å². The number of piperazine rings is 1. The van der Waals surface area contributed by atoms with Gasteiger partial charge in [0, 0.05) is 45.0 Å². The normalized spacial score (nSPS) is 21.1. The van der Waals surface area contributed by atoms with Crippen LogP contribution in [-0.2, 0) is 13.1 Å². The molecule has 0 amide bonds. The third kappa shape index (κ3) is 3.94. The molecule has 0 saturated carbocycles. The first-order chi connectivity index (χ1) is 12.8. The summed E-state index contributed by atoms with van der Waals surface area (Å²) in [4.78, 5) is 8.00. The zero-order valence-corrected chi connectivity index (χ0v) is 16.0. The lowest BCUT2D eigenvalue weighted by molar-refractivity contribution is 0.175. The molecule has 1 saturated heterocycles. The molecule has 0 aromatic heterocycles. The summed E-state index contributed by atoms with van der Waals surface area (Å²) in [6, 6.07) is 20.6. The van der Waals surface area contributed by atoms with Gasteiger partial charge in [-0.15, -0.1) is 0 Å². The number of benzene rings is 2. The van der Waals surface area contributed by atoms with Crippen molar-refractivity contribution in [1.29, 1.82) is 0 Å². The number of rotatable bonds is 5. The lowest BCUT2D eigenvalue weighted by Crippen LogP contribution is -2.56. The van der Waals surface area contributed by atoms with Gasteiger partial charge in [0.05, 0.1) is 6.04 Å². The van der Waals surface area contributed by atoms with Gasteiger partial charge < -0.3 is 4.90 Å². The zero-order valence-electron chi connectivity index (χ0n) is 16.0. The smallest absolute Gasteiger partial charge is 0.0544 e. The summed E-state index contributed by atoms with van der Waals surface area (Å²) in [6.45, 7) is 10.3. The fraction of sp³-hybridized carbons (Fsp3) is 0.478. The lowest BCUT2D eigenvalue weighted by Gasteiger charge is -2.43. The molecule has 1 atom stereocenters. The highest BCUT2D eigenvalue weighted by atomic mass is 15.3. The Labute approximate surface area is 158 Å². The van der Waals surface area contributed by atoms with Gasteiger partial charge in [-0.25, -0.2) is 0 Å². The maximum absolute atomic E-state index is 2.68. The van der Waals surface area contributed by atoms with Crippen molar-refractivity contribution in [2.24, 2.45) is 0 Å². The number of nitrogens with zero attached hydrogens (tertiary/aromatic N) is 3. The van der Waals surface area contributed by atoms with Crippen LogP contribution in [0.5, 0.6) is 0 Å². The monoisotopic (exact) mass is 349 g/mol. The molecular weight excluding hydrogens is 318 g/mol. The Hall–Kier alpha value is -1.84. The van der Waals surface area contributed by atoms with Crippen LogP contribution < -0.4 is 4.90 Å². The molecule has 2 aliphatic heterocycles. The first-order valence-electron chi connectivity index (χ1n) is 10.2. The van der Waals surface area contributed by atoms with E-state index in [4.69, 9.17) is 0 Å². The minimum Gasteiger partial charge on any atom is -0.364 e. The van der Waals surface area contributed by atoms with E-state index in [2.05, 4.69) is 76.2 Å². The molecule has 26 heavy (non-hydrogen) atoms. The molecule has 138 valence electrons. The van der Waals surface area contributed by atoms with Crippen LogP contribution in [0.2, 0.25) is 0 Å². The molecular formula is C23H31N3. The van der Waals surface area contributed by atoms with Crippen LogP contribution >= 0.6 is 0 Å². The van der Waals surface area contributed by atoms with Crippen molar-refractivity contribution in [3.05, 3.63) is 65.7 Å². The predicted molar refractivity (Wildman–Crippen MR) is 109 cm³/mol.